The number of halogens is 1. The molecule has 1 fully saturated rings. The second kappa shape index (κ2) is 4.88. The summed E-state index contributed by atoms with van der Waals surface area (Å²) in [6.45, 7) is 2.71. The Balaban J connectivity index is 2.18. The topological polar surface area (TPSA) is 89.3 Å². The van der Waals surface area contributed by atoms with Gasteiger partial charge in [-0.25, -0.2) is 13.6 Å². The van der Waals surface area contributed by atoms with E-state index in [1.54, 1.807) is 6.07 Å². The maximum Gasteiger partial charge on any atom is 0.251 e. The highest BCUT2D eigenvalue weighted by atomic mass is 79.9. The van der Waals surface area contributed by atoms with Gasteiger partial charge in [0.05, 0.1) is 4.90 Å². The van der Waals surface area contributed by atoms with Gasteiger partial charge < -0.3 is 5.32 Å². The molecule has 0 aliphatic heterocycles. The van der Waals surface area contributed by atoms with E-state index in [1.807, 2.05) is 0 Å². The molecule has 0 radical (unpaired) electrons. The largest absolute Gasteiger partial charge is 0.351 e. The van der Waals surface area contributed by atoms with Crippen LogP contribution < -0.4 is 10.5 Å². The van der Waals surface area contributed by atoms with E-state index in [-0.39, 0.29) is 21.8 Å². The van der Waals surface area contributed by atoms with Gasteiger partial charge in [-0.2, -0.15) is 0 Å². The lowest BCUT2D eigenvalue weighted by Gasteiger charge is -2.11. The summed E-state index contributed by atoms with van der Waals surface area (Å²) in [6.07, 6.45) is 2.21. The summed E-state index contributed by atoms with van der Waals surface area (Å²) in [6, 6.07) is 4.35. The first-order valence-electron chi connectivity index (χ1n) is 5.82. The third-order valence-electron chi connectivity index (χ3n) is 3.28. The standard InChI is InChI=1S/C12H15BrN2O3S/c1-12(4-5-12)7-15-11(16)8-2-3-9(13)10(6-8)19(14,17)18/h2-3,6H,4-5,7H2,1H3,(H,15,16)(H2,14,17,18). The normalized spacial score (nSPS) is 17.0. The van der Waals surface area contributed by atoms with Crippen molar-refractivity contribution in [3.8, 4) is 0 Å². The van der Waals surface area contributed by atoms with Crippen molar-refractivity contribution in [2.75, 3.05) is 6.54 Å². The second-order valence-electron chi connectivity index (χ2n) is 5.18. The molecule has 5 nitrogen and oxygen atoms in total. The summed E-state index contributed by atoms with van der Waals surface area (Å²) in [5, 5.41) is 7.90. The van der Waals surface area contributed by atoms with Gasteiger partial charge in [-0.3, -0.25) is 4.79 Å². The number of carbonyl (C=O) groups is 1. The number of primary sulfonamides is 1. The highest BCUT2D eigenvalue weighted by Gasteiger charge is 2.37. The Labute approximate surface area is 120 Å². The third kappa shape index (κ3) is 3.55. The van der Waals surface area contributed by atoms with Crippen molar-refractivity contribution >= 4 is 31.9 Å². The maximum atomic E-state index is 11.9. The average Bonchev–Trinajstić information content (AvgIpc) is 3.04. The second-order valence-corrected chi connectivity index (χ2v) is 7.57. The summed E-state index contributed by atoms with van der Waals surface area (Å²) in [4.78, 5) is 11.9. The maximum absolute atomic E-state index is 11.9. The fraction of sp³-hybridized carbons (Fsp3) is 0.417. The van der Waals surface area contributed by atoms with E-state index in [1.165, 1.54) is 12.1 Å². The molecule has 0 unspecified atom stereocenters. The Morgan fingerprint density at radius 1 is 1.47 bits per heavy atom. The van der Waals surface area contributed by atoms with Gasteiger partial charge in [-0.15, -0.1) is 0 Å². The highest BCUT2D eigenvalue weighted by Crippen LogP contribution is 2.44. The minimum Gasteiger partial charge on any atom is -0.351 e. The van der Waals surface area contributed by atoms with Crippen molar-refractivity contribution in [1.29, 1.82) is 0 Å². The smallest absolute Gasteiger partial charge is 0.251 e. The Hall–Kier alpha value is -0.920. The third-order valence-corrected chi connectivity index (χ3v) is 5.18. The molecule has 104 valence electrons. The molecular formula is C12H15BrN2O3S. The predicted molar refractivity (Wildman–Crippen MR) is 75.2 cm³/mol. The summed E-state index contributed by atoms with van der Waals surface area (Å²) >= 11 is 3.11. The van der Waals surface area contributed by atoms with Gasteiger partial charge in [0.15, 0.2) is 0 Å². The Bertz CT molecular complexity index is 624. The summed E-state index contributed by atoms with van der Waals surface area (Å²) in [5.41, 5.74) is 0.491. The van der Waals surface area contributed by atoms with Crippen molar-refractivity contribution in [1.82, 2.24) is 5.32 Å². The first-order chi connectivity index (χ1) is 8.71. The quantitative estimate of drug-likeness (QED) is 0.867. The van der Waals surface area contributed by atoms with Crippen molar-refractivity contribution in [3.05, 3.63) is 28.2 Å². The van der Waals surface area contributed by atoms with Gasteiger partial charge in [-0.1, -0.05) is 6.92 Å². The monoisotopic (exact) mass is 346 g/mol. The molecule has 1 saturated carbocycles. The zero-order valence-electron chi connectivity index (χ0n) is 10.4. The molecule has 1 aliphatic rings. The van der Waals surface area contributed by atoms with Crippen LogP contribution in [0.1, 0.15) is 30.1 Å². The van der Waals surface area contributed by atoms with Crippen LogP contribution in [0.3, 0.4) is 0 Å². The highest BCUT2D eigenvalue weighted by molar-refractivity contribution is 9.10. The SMILES string of the molecule is CC1(CNC(=O)c2ccc(Br)c(S(N)(=O)=O)c2)CC1. The van der Waals surface area contributed by atoms with Crippen LogP contribution in [0.4, 0.5) is 0 Å². The predicted octanol–water partition coefficient (Wildman–Crippen LogP) is 1.63. The number of nitrogens with one attached hydrogen (secondary N) is 1. The fourth-order valence-corrected chi connectivity index (χ4v) is 3.20. The van der Waals surface area contributed by atoms with Crippen LogP contribution in [0.15, 0.2) is 27.6 Å². The van der Waals surface area contributed by atoms with E-state index < -0.39 is 10.0 Å². The van der Waals surface area contributed by atoms with Crippen LogP contribution >= 0.6 is 15.9 Å². The molecule has 0 spiro atoms. The molecule has 0 atom stereocenters. The molecule has 1 aromatic rings. The molecule has 1 aliphatic carbocycles. The van der Waals surface area contributed by atoms with Crippen LogP contribution in [0, 0.1) is 5.41 Å². The zero-order valence-corrected chi connectivity index (χ0v) is 12.8. The van der Waals surface area contributed by atoms with Crippen LogP contribution in [0.2, 0.25) is 0 Å². The lowest BCUT2D eigenvalue weighted by atomic mass is 10.1. The van der Waals surface area contributed by atoms with E-state index in [2.05, 4.69) is 28.2 Å². The number of hydrogen-bond donors (Lipinski definition) is 2. The Morgan fingerprint density at radius 3 is 2.63 bits per heavy atom. The van der Waals surface area contributed by atoms with Crippen LogP contribution in [-0.4, -0.2) is 20.9 Å². The van der Waals surface area contributed by atoms with E-state index in [0.29, 0.717) is 11.0 Å². The molecule has 0 aromatic heterocycles. The first-order valence-corrected chi connectivity index (χ1v) is 8.16. The molecule has 0 bridgehead atoms. The molecular weight excluding hydrogens is 332 g/mol. The molecule has 0 heterocycles. The van der Waals surface area contributed by atoms with Gasteiger partial charge in [0.25, 0.3) is 5.91 Å². The Kier molecular flexibility index (Phi) is 3.72. The minimum atomic E-state index is -3.85. The zero-order chi connectivity index (χ0) is 14.3. The van der Waals surface area contributed by atoms with Crippen molar-refractivity contribution in [2.45, 2.75) is 24.7 Å². The summed E-state index contributed by atoms with van der Waals surface area (Å²) in [7, 11) is -3.85. The number of rotatable bonds is 4. The van der Waals surface area contributed by atoms with Crippen LogP contribution in [0.25, 0.3) is 0 Å². The molecule has 2 rings (SSSR count). The van der Waals surface area contributed by atoms with E-state index in [0.717, 1.165) is 12.8 Å². The van der Waals surface area contributed by atoms with Gasteiger partial charge in [0, 0.05) is 16.6 Å². The number of amides is 1. The minimum absolute atomic E-state index is 0.0854. The van der Waals surface area contributed by atoms with Crippen LogP contribution in [0.5, 0.6) is 0 Å². The summed E-state index contributed by atoms with van der Waals surface area (Å²) < 4.78 is 23.1. The van der Waals surface area contributed by atoms with Gasteiger partial charge in [-0.05, 0) is 52.4 Å². The molecule has 19 heavy (non-hydrogen) atoms. The number of sulfonamides is 1. The summed E-state index contributed by atoms with van der Waals surface area (Å²) in [5.74, 6) is -0.287. The number of carbonyl (C=O) groups excluding carboxylic acids is 1. The van der Waals surface area contributed by atoms with Crippen LogP contribution in [-0.2, 0) is 10.0 Å². The Morgan fingerprint density at radius 2 is 2.11 bits per heavy atom. The molecule has 1 aromatic carbocycles. The van der Waals surface area contributed by atoms with E-state index in [9.17, 15) is 13.2 Å². The molecule has 1 amide bonds. The van der Waals surface area contributed by atoms with Gasteiger partial charge >= 0.3 is 0 Å². The van der Waals surface area contributed by atoms with E-state index >= 15 is 0 Å². The van der Waals surface area contributed by atoms with Crippen molar-refractivity contribution in [3.63, 3.8) is 0 Å². The number of hydrogen-bond acceptors (Lipinski definition) is 3. The van der Waals surface area contributed by atoms with E-state index in [4.69, 9.17) is 5.14 Å². The molecule has 7 heteroatoms. The van der Waals surface area contributed by atoms with Crippen molar-refractivity contribution in [2.24, 2.45) is 10.6 Å². The van der Waals surface area contributed by atoms with Crippen molar-refractivity contribution < 1.29 is 13.2 Å². The number of nitrogens with two attached hydrogens (primary N) is 1. The average molecular weight is 347 g/mol. The number of benzene rings is 1. The first kappa shape index (κ1) is 14.5. The van der Waals surface area contributed by atoms with Gasteiger partial charge in [0.2, 0.25) is 10.0 Å². The molecule has 0 saturated heterocycles. The lowest BCUT2D eigenvalue weighted by molar-refractivity contribution is 0.0946. The molecule has 3 N–H and O–H groups in total. The fourth-order valence-electron chi connectivity index (χ4n) is 1.65. The van der Waals surface area contributed by atoms with Gasteiger partial charge in [0.1, 0.15) is 0 Å². The lowest BCUT2D eigenvalue weighted by Crippen LogP contribution is -2.29.